The van der Waals surface area contributed by atoms with Crippen molar-refractivity contribution in [2.45, 2.75) is 186 Å². The van der Waals surface area contributed by atoms with Crippen LogP contribution < -0.4 is 15.1 Å². The highest BCUT2D eigenvalue weighted by atomic mass is 28.4. The van der Waals surface area contributed by atoms with Crippen molar-refractivity contribution < 1.29 is 51.9 Å². The lowest BCUT2D eigenvalue weighted by atomic mass is 9.79. The number of hydrogen-bond donors (Lipinski definition) is 0. The van der Waals surface area contributed by atoms with E-state index < -0.39 is 37.1 Å². The minimum absolute atomic E-state index is 0.00719. The zero-order valence-corrected chi connectivity index (χ0v) is 45.5. The number of Topliss-reactive ketones (excluding diaryl/α,β-unsaturated/α-hetero) is 1. The molecule has 9 atom stereocenters. The van der Waals surface area contributed by atoms with Gasteiger partial charge in [-0.25, -0.2) is 4.79 Å². The van der Waals surface area contributed by atoms with Crippen molar-refractivity contribution in [3.8, 4) is 5.75 Å². The number of carbonyl (C=O) groups is 2. The van der Waals surface area contributed by atoms with Crippen molar-refractivity contribution in [1.29, 1.82) is 0 Å². The van der Waals surface area contributed by atoms with Crippen LogP contribution in [-0.4, -0.2) is 94.2 Å². The van der Waals surface area contributed by atoms with E-state index in [0.29, 0.717) is 56.7 Å². The Balaban J connectivity index is 0.849. The fourth-order valence-electron chi connectivity index (χ4n) is 11.6. The molecule has 0 unspecified atom stereocenters. The topological polar surface area (TPSA) is 117 Å². The molecule has 4 fully saturated rings. The number of fused-ring (bicyclic) bond motifs is 1. The largest absolute Gasteiger partial charge is 0.497 e. The highest BCUT2D eigenvalue weighted by Gasteiger charge is 2.58. The second kappa shape index (κ2) is 22.6. The highest BCUT2D eigenvalue weighted by Crippen LogP contribution is 2.51. The molecule has 3 aromatic rings. The van der Waals surface area contributed by atoms with Gasteiger partial charge in [0, 0.05) is 50.4 Å². The Bertz CT molecular complexity index is 2250. The third-order valence-electron chi connectivity index (χ3n) is 15.6. The first kappa shape index (κ1) is 54.8. The summed E-state index contributed by atoms with van der Waals surface area (Å²) >= 11 is 0. The molecule has 1 spiro atoms. The molecule has 71 heavy (non-hydrogen) atoms. The Kier molecular flexibility index (Phi) is 17.5. The molecule has 0 amide bonds. The van der Waals surface area contributed by atoms with Crippen molar-refractivity contribution in [2.24, 2.45) is 11.8 Å². The number of benzene rings is 3. The van der Waals surface area contributed by atoms with Gasteiger partial charge in [0.25, 0.3) is 8.32 Å². The first-order valence-corrected chi connectivity index (χ1v) is 27.9. The molecule has 4 aliphatic heterocycles. The maximum absolute atomic E-state index is 13.7. The molecular weight excluding hydrogens is 913 g/mol. The summed E-state index contributed by atoms with van der Waals surface area (Å²) in [5.41, 5.74) is 1.09. The average Bonchev–Trinajstić information content (AvgIpc) is 3.77. The summed E-state index contributed by atoms with van der Waals surface area (Å²) < 4.78 is 57.5. The molecule has 4 saturated heterocycles. The summed E-state index contributed by atoms with van der Waals surface area (Å²) in [5.74, 6) is -1.38. The third-order valence-corrected chi connectivity index (χ3v) is 20.7. The summed E-state index contributed by atoms with van der Waals surface area (Å²) in [6.07, 6.45) is 6.96. The first-order chi connectivity index (χ1) is 33.6. The Morgan fingerprint density at radius 1 is 0.845 bits per heavy atom. The lowest BCUT2D eigenvalue weighted by molar-refractivity contribution is -0.343. The number of rotatable bonds is 21. The van der Waals surface area contributed by atoms with Crippen LogP contribution in [0.25, 0.3) is 0 Å². The molecule has 4 aliphatic rings. The Morgan fingerprint density at radius 3 is 2.14 bits per heavy atom. The molecule has 0 radical (unpaired) electrons. The smallest absolute Gasteiger partial charge is 0.331 e. The fourth-order valence-corrected chi connectivity index (χ4v) is 16.2. The van der Waals surface area contributed by atoms with Gasteiger partial charge in [0.1, 0.15) is 23.7 Å². The van der Waals surface area contributed by atoms with E-state index in [2.05, 4.69) is 102 Å². The van der Waals surface area contributed by atoms with Gasteiger partial charge in [-0.05, 0) is 117 Å². The van der Waals surface area contributed by atoms with Crippen molar-refractivity contribution in [3.05, 3.63) is 114 Å². The van der Waals surface area contributed by atoms with Crippen LogP contribution in [-0.2, 0) is 53.8 Å². The number of hydrogen-bond acceptors (Lipinski definition) is 11. The van der Waals surface area contributed by atoms with Gasteiger partial charge < -0.3 is 42.3 Å². The molecule has 0 N–H and O–H groups in total. The van der Waals surface area contributed by atoms with Gasteiger partial charge in [0.15, 0.2) is 11.6 Å². The summed E-state index contributed by atoms with van der Waals surface area (Å²) in [6, 6.07) is 29.4. The van der Waals surface area contributed by atoms with E-state index in [-0.39, 0.29) is 53.7 Å². The SMILES string of the molecule is C=C(COC(=O)/C=C(\C)[C@@]1(C)OC(C)(C)O[C@@H]1CCOCc1ccc(OC)cc1)C[C@H](C)C(=O)C[C@H]1C[C@H](C)[C@]2(CC[C@]3(C)O[C@H](CCO[Si](c4ccccc4)(c4ccccc4)C(C)(C)C)CC[C@H]3O2)O1. The zero-order valence-electron chi connectivity index (χ0n) is 44.5. The van der Waals surface area contributed by atoms with Gasteiger partial charge in [-0.3, -0.25) is 4.79 Å². The van der Waals surface area contributed by atoms with Crippen molar-refractivity contribution in [2.75, 3.05) is 26.9 Å². The summed E-state index contributed by atoms with van der Waals surface area (Å²) in [5, 5.41) is 2.48. The van der Waals surface area contributed by atoms with Crippen molar-refractivity contribution >= 4 is 30.4 Å². The molecule has 0 saturated carbocycles. The van der Waals surface area contributed by atoms with Crippen molar-refractivity contribution in [1.82, 2.24) is 0 Å². The molecule has 0 aromatic heterocycles. The second-order valence-corrected chi connectivity index (χ2v) is 26.9. The van der Waals surface area contributed by atoms with Crippen LogP contribution in [0.2, 0.25) is 5.04 Å². The van der Waals surface area contributed by atoms with E-state index >= 15 is 0 Å². The van der Waals surface area contributed by atoms with Crippen LogP contribution in [0.15, 0.2) is 109 Å². The first-order valence-electron chi connectivity index (χ1n) is 26.0. The number of methoxy groups -OCH3 is 1. The molecular formula is C59H82O11Si. The molecule has 7 rings (SSSR count). The van der Waals surface area contributed by atoms with Crippen LogP contribution in [0.3, 0.4) is 0 Å². The van der Waals surface area contributed by atoms with Gasteiger partial charge in [-0.15, -0.1) is 0 Å². The predicted molar refractivity (Wildman–Crippen MR) is 279 cm³/mol. The summed E-state index contributed by atoms with van der Waals surface area (Å²) in [4.78, 5) is 26.8. The maximum atomic E-state index is 13.7. The van der Waals surface area contributed by atoms with E-state index in [4.69, 9.17) is 42.3 Å². The Hall–Kier alpha value is -3.98. The van der Waals surface area contributed by atoms with E-state index in [1.165, 1.54) is 16.4 Å². The zero-order chi connectivity index (χ0) is 51.2. The molecule has 3 aromatic carbocycles. The van der Waals surface area contributed by atoms with Gasteiger partial charge in [-0.1, -0.05) is 114 Å². The molecule has 0 aliphatic carbocycles. The fraction of sp³-hybridized carbons (Fsp3) is 0.593. The maximum Gasteiger partial charge on any atom is 0.331 e. The highest BCUT2D eigenvalue weighted by molar-refractivity contribution is 6.99. The summed E-state index contributed by atoms with van der Waals surface area (Å²) in [7, 11) is -1.00. The molecule has 12 heteroatoms. The molecule has 388 valence electrons. The molecule has 11 nitrogen and oxygen atoms in total. The van der Waals surface area contributed by atoms with Gasteiger partial charge in [0.2, 0.25) is 0 Å². The third kappa shape index (κ3) is 12.7. The lowest BCUT2D eigenvalue weighted by Gasteiger charge is -2.53. The van der Waals surface area contributed by atoms with Crippen LogP contribution >= 0.6 is 0 Å². The predicted octanol–water partition coefficient (Wildman–Crippen LogP) is 10.7. The second-order valence-electron chi connectivity index (χ2n) is 22.6. The number of esters is 1. The van der Waals surface area contributed by atoms with Crippen LogP contribution in [0, 0.1) is 11.8 Å². The molecule has 0 bridgehead atoms. The standard InChI is InChI=1S/C59H82O11Si/c1-41(39-64-54(61)37-43(3)58(11)53(68-56(8,9)70-58)30-33-63-40-45-23-25-46(62-12)26-24-45)35-42(2)51(60)38-48-36-44(4)59(67-48)32-31-57(10)52(69-59)28-27-47(66-57)29-34-65-71(55(5,6)7,49-19-15-13-16-20-49)50-21-17-14-18-22-50/h13-26,37,42,44,47-48,52-53H,1,27-36,38-40H2,2-12H3/b43-37+/t42-,44-,47-,48+,52+,53+,57-,58+,59+/m0/s1. The quantitative estimate of drug-likeness (QED) is 0.0334. The van der Waals surface area contributed by atoms with E-state index in [9.17, 15) is 9.59 Å². The van der Waals surface area contributed by atoms with Crippen LogP contribution in [0.5, 0.6) is 5.75 Å². The van der Waals surface area contributed by atoms with E-state index in [0.717, 1.165) is 43.4 Å². The number of ether oxygens (including phenoxy) is 8. The molecule has 4 heterocycles. The van der Waals surface area contributed by atoms with E-state index in [1.54, 1.807) is 7.11 Å². The number of ketones is 1. The summed E-state index contributed by atoms with van der Waals surface area (Å²) in [6.45, 7) is 26.4. The van der Waals surface area contributed by atoms with Crippen molar-refractivity contribution in [3.63, 3.8) is 0 Å². The van der Waals surface area contributed by atoms with E-state index in [1.807, 2.05) is 58.9 Å². The van der Waals surface area contributed by atoms with Crippen LogP contribution in [0.1, 0.15) is 133 Å². The Morgan fingerprint density at radius 2 is 1.51 bits per heavy atom. The van der Waals surface area contributed by atoms with Crippen LogP contribution in [0.4, 0.5) is 0 Å². The number of carbonyl (C=O) groups excluding carboxylic acids is 2. The minimum Gasteiger partial charge on any atom is -0.497 e. The monoisotopic (exact) mass is 995 g/mol. The van der Waals surface area contributed by atoms with Gasteiger partial charge in [-0.2, -0.15) is 0 Å². The van der Waals surface area contributed by atoms with Gasteiger partial charge >= 0.3 is 5.97 Å². The lowest BCUT2D eigenvalue weighted by Crippen LogP contribution is -2.66. The van der Waals surface area contributed by atoms with Gasteiger partial charge in [0.05, 0.1) is 43.7 Å². The average molecular weight is 995 g/mol. The Labute approximate surface area is 425 Å². The minimum atomic E-state index is -2.64. The normalized spacial score (nSPS) is 29.1.